The molecular formula is C15H20N4O2. The summed E-state index contributed by atoms with van der Waals surface area (Å²) < 4.78 is 0. The lowest BCUT2D eigenvalue weighted by atomic mass is 10.1. The van der Waals surface area contributed by atoms with Crippen LogP contribution in [0.3, 0.4) is 0 Å². The SMILES string of the molecule is CC1CNCCN1C(=O)c1ccc(N2CCNC2=O)cc1. The Labute approximate surface area is 124 Å². The molecule has 2 heterocycles. The maximum atomic E-state index is 12.5. The van der Waals surface area contributed by atoms with Crippen LogP contribution >= 0.6 is 0 Å². The summed E-state index contributed by atoms with van der Waals surface area (Å²) in [5.74, 6) is 0.0569. The molecule has 0 aromatic heterocycles. The maximum Gasteiger partial charge on any atom is 0.321 e. The molecule has 3 rings (SSSR count). The minimum absolute atomic E-state index is 0.0569. The topological polar surface area (TPSA) is 64.7 Å². The Kier molecular flexibility index (Phi) is 3.79. The van der Waals surface area contributed by atoms with E-state index in [9.17, 15) is 9.59 Å². The molecule has 2 fully saturated rings. The zero-order valence-corrected chi connectivity index (χ0v) is 12.1. The van der Waals surface area contributed by atoms with Crippen LogP contribution in [0, 0.1) is 0 Å². The number of benzene rings is 1. The van der Waals surface area contributed by atoms with Gasteiger partial charge in [-0.1, -0.05) is 0 Å². The van der Waals surface area contributed by atoms with Crippen molar-refractivity contribution in [3.05, 3.63) is 29.8 Å². The molecule has 0 spiro atoms. The van der Waals surface area contributed by atoms with E-state index >= 15 is 0 Å². The number of urea groups is 1. The van der Waals surface area contributed by atoms with Crippen molar-refractivity contribution >= 4 is 17.6 Å². The second-order valence-corrected chi connectivity index (χ2v) is 5.48. The van der Waals surface area contributed by atoms with Crippen molar-refractivity contribution in [2.45, 2.75) is 13.0 Å². The molecule has 1 aromatic carbocycles. The number of nitrogens with one attached hydrogen (secondary N) is 2. The molecule has 0 bridgehead atoms. The molecule has 2 saturated heterocycles. The van der Waals surface area contributed by atoms with Crippen molar-refractivity contribution in [2.75, 3.05) is 37.6 Å². The molecule has 6 nitrogen and oxygen atoms in total. The van der Waals surface area contributed by atoms with Gasteiger partial charge in [0.05, 0.1) is 0 Å². The number of carbonyl (C=O) groups is 2. The molecule has 112 valence electrons. The van der Waals surface area contributed by atoms with E-state index in [0.29, 0.717) is 18.7 Å². The van der Waals surface area contributed by atoms with Crippen LogP contribution in [-0.4, -0.2) is 55.6 Å². The predicted molar refractivity (Wildman–Crippen MR) is 80.6 cm³/mol. The van der Waals surface area contributed by atoms with Gasteiger partial charge in [-0.2, -0.15) is 0 Å². The minimum atomic E-state index is -0.0789. The van der Waals surface area contributed by atoms with Crippen LogP contribution in [-0.2, 0) is 0 Å². The van der Waals surface area contributed by atoms with Gasteiger partial charge in [0, 0.05) is 50.0 Å². The zero-order chi connectivity index (χ0) is 14.8. The second kappa shape index (κ2) is 5.73. The normalized spacial score (nSPS) is 22.3. The van der Waals surface area contributed by atoms with E-state index in [1.807, 2.05) is 24.0 Å². The van der Waals surface area contributed by atoms with Gasteiger partial charge in [0.2, 0.25) is 0 Å². The summed E-state index contributed by atoms with van der Waals surface area (Å²) in [7, 11) is 0. The number of piperazine rings is 1. The minimum Gasteiger partial charge on any atom is -0.336 e. The fourth-order valence-corrected chi connectivity index (χ4v) is 2.81. The van der Waals surface area contributed by atoms with E-state index in [1.54, 1.807) is 17.0 Å². The van der Waals surface area contributed by atoms with E-state index in [0.717, 1.165) is 25.3 Å². The van der Waals surface area contributed by atoms with Crippen LogP contribution in [0.1, 0.15) is 17.3 Å². The summed E-state index contributed by atoms with van der Waals surface area (Å²) in [6.45, 7) is 5.78. The average Bonchev–Trinajstić information content (AvgIpc) is 2.93. The number of carbonyl (C=O) groups excluding carboxylic acids is 2. The lowest BCUT2D eigenvalue weighted by Crippen LogP contribution is -2.52. The summed E-state index contributed by atoms with van der Waals surface area (Å²) in [6.07, 6.45) is 0. The van der Waals surface area contributed by atoms with Crippen molar-refractivity contribution in [1.29, 1.82) is 0 Å². The number of nitrogens with zero attached hydrogens (tertiary/aromatic N) is 2. The smallest absolute Gasteiger partial charge is 0.321 e. The Morgan fingerprint density at radius 3 is 2.57 bits per heavy atom. The molecule has 6 heteroatoms. The fraction of sp³-hybridized carbons (Fsp3) is 0.467. The molecule has 2 aliphatic heterocycles. The first-order valence-corrected chi connectivity index (χ1v) is 7.34. The van der Waals surface area contributed by atoms with Crippen LogP contribution in [0.15, 0.2) is 24.3 Å². The Hall–Kier alpha value is -2.08. The van der Waals surface area contributed by atoms with Gasteiger partial charge < -0.3 is 15.5 Å². The van der Waals surface area contributed by atoms with E-state index < -0.39 is 0 Å². The lowest BCUT2D eigenvalue weighted by molar-refractivity contribution is 0.0656. The standard InChI is InChI=1S/C15H20N4O2/c1-11-10-16-6-8-18(11)14(20)12-2-4-13(5-3-12)19-9-7-17-15(19)21/h2-5,11,16H,6-10H2,1H3,(H,17,21). The Morgan fingerprint density at radius 2 is 1.95 bits per heavy atom. The third-order valence-electron chi connectivity index (χ3n) is 4.04. The Morgan fingerprint density at radius 1 is 1.19 bits per heavy atom. The van der Waals surface area contributed by atoms with Crippen molar-refractivity contribution < 1.29 is 9.59 Å². The lowest BCUT2D eigenvalue weighted by Gasteiger charge is -2.34. The van der Waals surface area contributed by atoms with Crippen molar-refractivity contribution in [2.24, 2.45) is 0 Å². The van der Waals surface area contributed by atoms with Crippen molar-refractivity contribution in [1.82, 2.24) is 15.5 Å². The Bertz CT molecular complexity index is 543. The van der Waals surface area contributed by atoms with Gasteiger partial charge in [-0.25, -0.2) is 4.79 Å². The van der Waals surface area contributed by atoms with Gasteiger partial charge in [0.25, 0.3) is 5.91 Å². The number of hydrogen-bond acceptors (Lipinski definition) is 3. The molecule has 21 heavy (non-hydrogen) atoms. The molecule has 0 radical (unpaired) electrons. The number of amides is 3. The first-order valence-electron chi connectivity index (χ1n) is 7.34. The van der Waals surface area contributed by atoms with E-state index in [2.05, 4.69) is 10.6 Å². The molecule has 2 N–H and O–H groups in total. The highest BCUT2D eigenvalue weighted by molar-refractivity contribution is 5.97. The van der Waals surface area contributed by atoms with Crippen molar-refractivity contribution in [3.63, 3.8) is 0 Å². The fourth-order valence-electron chi connectivity index (χ4n) is 2.81. The van der Waals surface area contributed by atoms with E-state index in [4.69, 9.17) is 0 Å². The number of hydrogen-bond donors (Lipinski definition) is 2. The molecule has 1 atom stereocenters. The van der Waals surface area contributed by atoms with Gasteiger partial charge in [-0.3, -0.25) is 9.69 Å². The molecule has 3 amide bonds. The highest BCUT2D eigenvalue weighted by Gasteiger charge is 2.25. The molecule has 0 saturated carbocycles. The third-order valence-corrected chi connectivity index (χ3v) is 4.04. The van der Waals surface area contributed by atoms with Crippen LogP contribution < -0.4 is 15.5 Å². The first-order chi connectivity index (χ1) is 10.2. The van der Waals surface area contributed by atoms with Crippen LogP contribution in [0.5, 0.6) is 0 Å². The number of rotatable bonds is 2. The summed E-state index contributed by atoms with van der Waals surface area (Å²) in [5.41, 5.74) is 1.50. The Balaban J connectivity index is 1.74. The molecule has 0 aliphatic carbocycles. The molecule has 1 aromatic rings. The summed E-state index contributed by atoms with van der Waals surface area (Å²) >= 11 is 0. The second-order valence-electron chi connectivity index (χ2n) is 5.48. The predicted octanol–water partition coefficient (Wildman–Crippen LogP) is 0.650. The van der Waals surface area contributed by atoms with Gasteiger partial charge >= 0.3 is 6.03 Å². The third kappa shape index (κ3) is 2.71. The average molecular weight is 288 g/mol. The van der Waals surface area contributed by atoms with Gasteiger partial charge in [-0.15, -0.1) is 0 Å². The maximum absolute atomic E-state index is 12.5. The van der Waals surface area contributed by atoms with Gasteiger partial charge in [-0.05, 0) is 31.2 Å². The van der Waals surface area contributed by atoms with Crippen molar-refractivity contribution in [3.8, 4) is 0 Å². The van der Waals surface area contributed by atoms with Crippen LogP contribution in [0.2, 0.25) is 0 Å². The molecular weight excluding hydrogens is 268 g/mol. The first kappa shape index (κ1) is 13.9. The van der Waals surface area contributed by atoms with Crippen LogP contribution in [0.4, 0.5) is 10.5 Å². The summed E-state index contributed by atoms with van der Waals surface area (Å²) in [4.78, 5) is 27.7. The van der Waals surface area contributed by atoms with E-state index in [-0.39, 0.29) is 18.0 Å². The number of anilines is 1. The highest BCUT2D eigenvalue weighted by atomic mass is 16.2. The summed E-state index contributed by atoms with van der Waals surface area (Å²) in [6, 6.07) is 7.41. The van der Waals surface area contributed by atoms with E-state index in [1.165, 1.54) is 0 Å². The molecule has 1 unspecified atom stereocenters. The molecule has 2 aliphatic rings. The van der Waals surface area contributed by atoms with Gasteiger partial charge in [0.15, 0.2) is 0 Å². The largest absolute Gasteiger partial charge is 0.336 e. The quantitative estimate of drug-likeness (QED) is 0.840. The highest BCUT2D eigenvalue weighted by Crippen LogP contribution is 2.19. The van der Waals surface area contributed by atoms with Crippen LogP contribution in [0.25, 0.3) is 0 Å². The monoisotopic (exact) mass is 288 g/mol. The van der Waals surface area contributed by atoms with Gasteiger partial charge in [0.1, 0.15) is 0 Å². The zero-order valence-electron chi connectivity index (χ0n) is 12.1. The summed E-state index contributed by atoms with van der Waals surface area (Å²) in [5, 5.41) is 6.04.